The van der Waals surface area contributed by atoms with Gasteiger partial charge in [0, 0.05) is 6.07 Å². The van der Waals surface area contributed by atoms with Crippen LogP contribution in [0.25, 0.3) is 5.57 Å². The Bertz CT molecular complexity index is 534. The normalized spacial score (nSPS) is 11.7. The van der Waals surface area contributed by atoms with Gasteiger partial charge in [0.25, 0.3) is 5.69 Å². The van der Waals surface area contributed by atoms with E-state index >= 15 is 0 Å². The van der Waals surface area contributed by atoms with Crippen molar-refractivity contribution >= 4 is 28.8 Å². The summed E-state index contributed by atoms with van der Waals surface area (Å²) in [4.78, 5) is 21.8. The summed E-state index contributed by atoms with van der Waals surface area (Å²) in [6.07, 6.45) is 0. The zero-order chi connectivity index (χ0) is 13.9. The highest BCUT2D eigenvalue weighted by Gasteiger charge is 2.27. The number of allylic oxidation sites excluding steroid dienone is 1. The molecule has 0 radical (unpaired) electrons. The Morgan fingerprint density at radius 2 is 2.11 bits per heavy atom. The lowest BCUT2D eigenvalue weighted by Gasteiger charge is -2.09. The second-order valence-electron chi connectivity index (χ2n) is 3.34. The van der Waals surface area contributed by atoms with Gasteiger partial charge in [-0.25, -0.2) is 4.79 Å². The van der Waals surface area contributed by atoms with Crippen molar-refractivity contribution in [2.45, 2.75) is 6.92 Å². The molecular formula is C11H10ClNO5. The standard InChI is InChI=1S/C11H10ClNO5/c1-6(14)9(11(15)18-2)10-7(12)4-3-5-8(10)13(16)17/h3-5,14H,1-2H3/b9-6+. The highest BCUT2D eigenvalue weighted by atomic mass is 35.5. The predicted molar refractivity (Wildman–Crippen MR) is 65.3 cm³/mol. The molecule has 1 rings (SSSR count). The van der Waals surface area contributed by atoms with Crippen LogP contribution >= 0.6 is 11.6 Å². The van der Waals surface area contributed by atoms with E-state index in [9.17, 15) is 20.0 Å². The van der Waals surface area contributed by atoms with Crippen LogP contribution in [-0.2, 0) is 9.53 Å². The third-order valence-electron chi connectivity index (χ3n) is 2.19. The maximum atomic E-state index is 11.6. The number of carbonyl (C=O) groups excluding carboxylic acids is 1. The van der Waals surface area contributed by atoms with Crippen molar-refractivity contribution in [3.63, 3.8) is 0 Å². The molecule has 18 heavy (non-hydrogen) atoms. The second-order valence-corrected chi connectivity index (χ2v) is 3.75. The van der Waals surface area contributed by atoms with Crippen molar-refractivity contribution in [3.05, 3.63) is 44.7 Å². The van der Waals surface area contributed by atoms with Gasteiger partial charge in [0.1, 0.15) is 11.3 Å². The van der Waals surface area contributed by atoms with Crippen LogP contribution in [0, 0.1) is 10.1 Å². The number of aliphatic hydroxyl groups excluding tert-OH is 1. The Hall–Kier alpha value is -2.08. The van der Waals surface area contributed by atoms with Crippen LogP contribution in [0.5, 0.6) is 0 Å². The molecule has 1 N–H and O–H groups in total. The average molecular weight is 272 g/mol. The van der Waals surface area contributed by atoms with Crippen molar-refractivity contribution in [2.24, 2.45) is 0 Å². The molecule has 0 saturated carbocycles. The van der Waals surface area contributed by atoms with Gasteiger partial charge in [0.05, 0.1) is 22.6 Å². The molecule has 0 bridgehead atoms. The fourth-order valence-corrected chi connectivity index (χ4v) is 1.71. The molecule has 0 unspecified atom stereocenters. The predicted octanol–water partition coefficient (Wildman–Crippen LogP) is 2.71. The molecule has 0 aliphatic carbocycles. The molecule has 0 atom stereocenters. The van der Waals surface area contributed by atoms with E-state index in [4.69, 9.17) is 11.6 Å². The summed E-state index contributed by atoms with van der Waals surface area (Å²) in [6.45, 7) is 1.22. The van der Waals surface area contributed by atoms with Crippen molar-refractivity contribution < 1.29 is 19.6 Å². The summed E-state index contributed by atoms with van der Waals surface area (Å²) in [7, 11) is 1.11. The number of hydrogen-bond acceptors (Lipinski definition) is 5. The summed E-state index contributed by atoms with van der Waals surface area (Å²) in [6, 6.07) is 3.95. The first-order chi connectivity index (χ1) is 8.40. The number of benzene rings is 1. The molecule has 96 valence electrons. The first kappa shape index (κ1) is 14.0. The lowest BCUT2D eigenvalue weighted by atomic mass is 10.0. The van der Waals surface area contributed by atoms with E-state index in [1.807, 2.05) is 0 Å². The molecule has 0 aromatic heterocycles. The van der Waals surface area contributed by atoms with E-state index in [0.717, 1.165) is 7.11 Å². The number of methoxy groups -OCH3 is 1. The molecule has 0 fully saturated rings. The Kier molecular flexibility index (Phi) is 4.28. The number of esters is 1. The van der Waals surface area contributed by atoms with Gasteiger partial charge in [-0.2, -0.15) is 0 Å². The SMILES string of the molecule is COC(=O)/C(=C(\C)O)c1c(Cl)cccc1[N+](=O)[O-]. The van der Waals surface area contributed by atoms with Gasteiger partial charge in [0.2, 0.25) is 0 Å². The largest absolute Gasteiger partial charge is 0.512 e. The van der Waals surface area contributed by atoms with Crippen molar-refractivity contribution in [1.82, 2.24) is 0 Å². The van der Waals surface area contributed by atoms with Gasteiger partial charge in [0.15, 0.2) is 0 Å². The Morgan fingerprint density at radius 3 is 2.56 bits per heavy atom. The maximum absolute atomic E-state index is 11.6. The zero-order valence-electron chi connectivity index (χ0n) is 9.64. The minimum Gasteiger partial charge on any atom is -0.512 e. The molecule has 1 aromatic carbocycles. The summed E-state index contributed by atoms with van der Waals surface area (Å²) < 4.78 is 4.48. The minimum atomic E-state index is -0.897. The molecule has 1 aromatic rings. The van der Waals surface area contributed by atoms with Crippen LogP contribution in [0.15, 0.2) is 24.0 Å². The second kappa shape index (κ2) is 5.50. The van der Waals surface area contributed by atoms with Crippen LogP contribution in [0.3, 0.4) is 0 Å². The lowest BCUT2D eigenvalue weighted by molar-refractivity contribution is -0.385. The molecule has 6 nitrogen and oxygen atoms in total. The molecule has 0 aliphatic rings. The van der Waals surface area contributed by atoms with Gasteiger partial charge < -0.3 is 9.84 Å². The van der Waals surface area contributed by atoms with Gasteiger partial charge in [-0.15, -0.1) is 0 Å². The zero-order valence-corrected chi connectivity index (χ0v) is 10.4. The molecule has 0 aliphatic heterocycles. The monoisotopic (exact) mass is 271 g/mol. The lowest BCUT2D eigenvalue weighted by Crippen LogP contribution is -2.09. The highest BCUT2D eigenvalue weighted by Crippen LogP contribution is 2.34. The molecule has 0 amide bonds. The van der Waals surface area contributed by atoms with Crippen LogP contribution < -0.4 is 0 Å². The number of carbonyl (C=O) groups is 1. The Balaban J connectivity index is 3.62. The number of rotatable bonds is 3. The smallest absolute Gasteiger partial charge is 0.342 e. The third kappa shape index (κ3) is 2.60. The van der Waals surface area contributed by atoms with Gasteiger partial charge in [-0.3, -0.25) is 10.1 Å². The summed E-state index contributed by atoms with van der Waals surface area (Å²) in [5, 5.41) is 20.4. The minimum absolute atomic E-state index is 0.0157. The number of halogens is 1. The quantitative estimate of drug-likeness (QED) is 0.300. The van der Waals surface area contributed by atoms with E-state index in [1.54, 1.807) is 0 Å². The number of ether oxygens (including phenoxy) is 1. The number of nitro groups is 1. The van der Waals surface area contributed by atoms with Crippen LogP contribution in [0.1, 0.15) is 12.5 Å². The maximum Gasteiger partial charge on any atom is 0.342 e. The number of hydrogen-bond donors (Lipinski definition) is 1. The first-order valence-electron chi connectivity index (χ1n) is 4.81. The van der Waals surface area contributed by atoms with Crippen molar-refractivity contribution in [3.8, 4) is 0 Å². The summed E-state index contributed by atoms with van der Waals surface area (Å²) in [5.41, 5.74) is -0.859. The first-order valence-corrected chi connectivity index (χ1v) is 5.19. The summed E-state index contributed by atoms with van der Waals surface area (Å²) in [5.74, 6) is -1.30. The Morgan fingerprint density at radius 1 is 1.50 bits per heavy atom. The van der Waals surface area contributed by atoms with E-state index in [2.05, 4.69) is 4.74 Å². The molecular weight excluding hydrogens is 262 g/mol. The number of nitrogens with zero attached hydrogens (tertiary/aromatic N) is 1. The topological polar surface area (TPSA) is 89.7 Å². The van der Waals surface area contributed by atoms with Crippen molar-refractivity contribution in [1.29, 1.82) is 0 Å². The van der Waals surface area contributed by atoms with Crippen LogP contribution in [0.2, 0.25) is 5.02 Å². The number of aliphatic hydroxyl groups is 1. The fraction of sp³-hybridized carbons (Fsp3) is 0.182. The fourth-order valence-electron chi connectivity index (χ4n) is 1.45. The van der Waals surface area contributed by atoms with E-state index in [-0.39, 0.29) is 21.8 Å². The molecule has 0 saturated heterocycles. The van der Waals surface area contributed by atoms with E-state index < -0.39 is 16.7 Å². The van der Waals surface area contributed by atoms with Gasteiger partial charge in [-0.05, 0) is 13.0 Å². The molecule has 7 heteroatoms. The van der Waals surface area contributed by atoms with E-state index in [0.29, 0.717) is 0 Å². The van der Waals surface area contributed by atoms with Gasteiger partial charge >= 0.3 is 5.97 Å². The van der Waals surface area contributed by atoms with Crippen molar-refractivity contribution in [2.75, 3.05) is 7.11 Å². The van der Waals surface area contributed by atoms with E-state index in [1.165, 1.54) is 25.1 Å². The Labute approximate surface area is 108 Å². The highest BCUT2D eigenvalue weighted by molar-refractivity contribution is 6.35. The van der Waals surface area contributed by atoms with Gasteiger partial charge in [-0.1, -0.05) is 17.7 Å². The van der Waals surface area contributed by atoms with Crippen LogP contribution in [0.4, 0.5) is 5.69 Å². The average Bonchev–Trinajstić information content (AvgIpc) is 2.30. The third-order valence-corrected chi connectivity index (χ3v) is 2.50. The van der Waals surface area contributed by atoms with Crippen LogP contribution in [-0.4, -0.2) is 23.1 Å². The molecule has 0 spiro atoms. The summed E-state index contributed by atoms with van der Waals surface area (Å²) >= 11 is 5.86. The molecule has 0 heterocycles. The number of nitro benzene ring substituents is 1.